The minimum absolute atomic E-state index is 0.0831. The van der Waals surface area contributed by atoms with E-state index in [1.807, 2.05) is 0 Å². The summed E-state index contributed by atoms with van der Waals surface area (Å²) in [7, 11) is 0. The molecule has 0 aliphatic rings. The lowest BCUT2D eigenvalue weighted by molar-refractivity contribution is -0.142. The van der Waals surface area contributed by atoms with Crippen LogP contribution in [-0.2, 0) is 9.59 Å². The van der Waals surface area contributed by atoms with Crippen molar-refractivity contribution in [2.75, 3.05) is 6.61 Å². The normalized spacial score (nSPS) is 11.5. The maximum absolute atomic E-state index is 12.3. The number of hydrogen-bond acceptors (Lipinski definition) is 4. The predicted octanol–water partition coefficient (Wildman–Crippen LogP) is 9.78. The van der Waals surface area contributed by atoms with Crippen LogP contribution >= 0.6 is 11.6 Å². The summed E-state index contributed by atoms with van der Waals surface area (Å²) in [4.78, 5) is 33.3. The molecular formula is C35H49ClO6. The number of allylic oxidation sites excluding steroid dienone is 2. The van der Waals surface area contributed by atoms with Crippen molar-refractivity contribution >= 4 is 29.3 Å². The number of ether oxygens (including phenoxy) is 1. The highest BCUT2D eigenvalue weighted by Gasteiger charge is 2.12. The van der Waals surface area contributed by atoms with E-state index in [9.17, 15) is 14.4 Å². The zero-order chi connectivity index (χ0) is 31.0. The largest absolute Gasteiger partial charge is 0.493 e. The summed E-state index contributed by atoms with van der Waals surface area (Å²) in [5.74, 6) is -1.74. The standard InChI is InChI=1S/C18H34O2.C17H15ClO4/c1-2-3-4-5-6-7-8-9-10-11-12-13-14-15-16-17-18(19)20;1-11(17(20)21)10-22-15-8-4-13(5-9-15)16(19)12-2-6-14(18)7-3-12/h9-10H,2-8,11-17H2,1H3,(H,19,20);2-9,11H,10H2,1H3,(H,20,21)/b10-9-;. The van der Waals surface area contributed by atoms with Gasteiger partial charge in [-0.25, -0.2) is 0 Å². The molecule has 0 fully saturated rings. The van der Waals surface area contributed by atoms with Crippen LogP contribution in [0.2, 0.25) is 5.02 Å². The molecular weight excluding hydrogens is 552 g/mol. The quantitative estimate of drug-likeness (QED) is 0.0840. The molecule has 2 N–H and O–H groups in total. The summed E-state index contributed by atoms with van der Waals surface area (Å²) in [6.07, 6.45) is 21.2. The van der Waals surface area contributed by atoms with Crippen molar-refractivity contribution in [2.45, 2.75) is 104 Å². The number of halogens is 1. The average molecular weight is 601 g/mol. The van der Waals surface area contributed by atoms with Crippen molar-refractivity contribution in [3.05, 3.63) is 76.8 Å². The fraction of sp³-hybridized carbons (Fsp3) is 0.514. The van der Waals surface area contributed by atoms with Gasteiger partial charge in [-0.2, -0.15) is 0 Å². The Labute approximate surface area is 257 Å². The molecule has 0 saturated heterocycles. The van der Waals surface area contributed by atoms with Crippen LogP contribution in [0.15, 0.2) is 60.7 Å². The molecule has 0 aromatic heterocycles. The molecule has 0 radical (unpaired) electrons. The highest BCUT2D eigenvalue weighted by atomic mass is 35.5. The van der Waals surface area contributed by atoms with E-state index < -0.39 is 17.9 Å². The number of carbonyl (C=O) groups excluding carboxylic acids is 1. The van der Waals surface area contributed by atoms with E-state index in [1.165, 1.54) is 70.6 Å². The van der Waals surface area contributed by atoms with Gasteiger partial charge >= 0.3 is 11.9 Å². The summed E-state index contributed by atoms with van der Waals surface area (Å²) < 4.78 is 5.38. The van der Waals surface area contributed by atoms with Gasteiger partial charge < -0.3 is 14.9 Å². The minimum atomic E-state index is -0.908. The molecule has 0 amide bonds. The molecule has 2 aromatic rings. The Balaban J connectivity index is 0.000000423. The topological polar surface area (TPSA) is 101 Å². The van der Waals surface area contributed by atoms with Crippen molar-refractivity contribution in [1.82, 2.24) is 0 Å². The first-order chi connectivity index (χ1) is 20.2. The number of carbonyl (C=O) groups is 3. The van der Waals surface area contributed by atoms with Gasteiger partial charge in [0.1, 0.15) is 12.4 Å². The third-order valence-corrected chi connectivity index (χ3v) is 7.05. The third-order valence-electron chi connectivity index (χ3n) is 6.80. The second kappa shape index (κ2) is 23.4. The number of aliphatic carboxylic acids is 2. The van der Waals surface area contributed by atoms with Gasteiger partial charge in [-0.15, -0.1) is 0 Å². The fourth-order valence-corrected chi connectivity index (χ4v) is 4.24. The van der Waals surface area contributed by atoms with E-state index >= 15 is 0 Å². The molecule has 0 aliphatic carbocycles. The van der Waals surface area contributed by atoms with Gasteiger partial charge in [-0.05, 0) is 87.6 Å². The highest BCUT2D eigenvalue weighted by Crippen LogP contribution is 2.18. The molecule has 6 nitrogen and oxygen atoms in total. The number of hydrogen-bond donors (Lipinski definition) is 2. The van der Waals surface area contributed by atoms with Gasteiger partial charge in [0.05, 0.1) is 5.92 Å². The Bertz CT molecular complexity index is 1050. The zero-order valence-corrected chi connectivity index (χ0v) is 26.1. The van der Waals surface area contributed by atoms with Crippen molar-refractivity contribution in [3.8, 4) is 5.75 Å². The van der Waals surface area contributed by atoms with Crippen molar-refractivity contribution < 1.29 is 29.3 Å². The third kappa shape index (κ3) is 18.3. The molecule has 42 heavy (non-hydrogen) atoms. The van der Waals surface area contributed by atoms with E-state index in [1.54, 1.807) is 55.5 Å². The molecule has 0 saturated carbocycles. The lowest BCUT2D eigenvalue weighted by Crippen LogP contribution is -2.17. The van der Waals surface area contributed by atoms with E-state index in [4.69, 9.17) is 26.6 Å². The second-order valence-corrected chi connectivity index (χ2v) is 11.1. The van der Waals surface area contributed by atoms with Gasteiger partial charge in [0.15, 0.2) is 5.78 Å². The SMILES string of the molecule is CC(COc1ccc(C(=O)c2ccc(Cl)cc2)cc1)C(=O)O.CCCCCCCC/C=C\CCCCCCCC(=O)O. The maximum atomic E-state index is 12.3. The first kappa shape index (κ1) is 36.9. The lowest BCUT2D eigenvalue weighted by Gasteiger charge is -2.09. The number of carboxylic acid groups (broad SMARTS) is 2. The first-order valence-electron chi connectivity index (χ1n) is 15.4. The van der Waals surface area contributed by atoms with Crippen LogP contribution in [0.25, 0.3) is 0 Å². The zero-order valence-electron chi connectivity index (χ0n) is 25.4. The van der Waals surface area contributed by atoms with Gasteiger partial charge in [0.2, 0.25) is 0 Å². The maximum Gasteiger partial charge on any atom is 0.309 e. The van der Waals surface area contributed by atoms with Gasteiger partial charge in [-0.3, -0.25) is 14.4 Å². The number of benzene rings is 2. The van der Waals surface area contributed by atoms with E-state index in [2.05, 4.69) is 19.1 Å². The molecule has 232 valence electrons. The predicted molar refractivity (Wildman–Crippen MR) is 171 cm³/mol. The van der Waals surface area contributed by atoms with Gasteiger partial charge in [0.25, 0.3) is 0 Å². The summed E-state index contributed by atoms with van der Waals surface area (Å²) in [6.45, 7) is 3.91. The summed E-state index contributed by atoms with van der Waals surface area (Å²) in [5, 5.41) is 17.9. The average Bonchev–Trinajstić information content (AvgIpc) is 2.98. The Kier molecular flexibility index (Phi) is 20.6. The van der Waals surface area contributed by atoms with Crippen molar-refractivity contribution in [3.63, 3.8) is 0 Å². The van der Waals surface area contributed by atoms with Gasteiger partial charge in [-0.1, -0.05) is 82.0 Å². The molecule has 0 bridgehead atoms. The fourth-order valence-electron chi connectivity index (χ4n) is 4.11. The Morgan fingerprint density at radius 2 is 1.21 bits per heavy atom. The Hall–Kier alpha value is -3.12. The number of rotatable bonds is 21. The highest BCUT2D eigenvalue weighted by molar-refractivity contribution is 6.30. The van der Waals surface area contributed by atoms with E-state index in [0.717, 1.165) is 12.8 Å². The van der Waals surface area contributed by atoms with E-state index in [-0.39, 0.29) is 12.4 Å². The Morgan fingerprint density at radius 1 is 0.738 bits per heavy atom. The molecule has 2 aromatic carbocycles. The molecule has 0 spiro atoms. The van der Waals surface area contributed by atoms with Crippen molar-refractivity contribution in [1.29, 1.82) is 0 Å². The lowest BCUT2D eigenvalue weighted by atomic mass is 10.0. The number of unbranched alkanes of at least 4 members (excludes halogenated alkanes) is 11. The molecule has 1 unspecified atom stereocenters. The van der Waals surface area contributed by atoms with Gasteiger partial charge in [0, 0.05) is 22.6 Å². The van der Waals surface area contributed by atoms with Crippen LogP contribution in [0.4, 0.5) is 0 Å². The van der Waals surface area contributed by atoms with Crippen LogP contribution in [-0.4, -0.2) is 34.5 Å². The molecule has 2 rings (SSSR count). The smallest absolute Gasteiger partial charge is 0.309 e. The molecule has 7 heteroatoms. The summed E-state index contributed by atoms with van der Waals surface area (Å²) in [5.41, 5.74) is 1.08. The molecule has 1 atom stereocenters. The second-order valence-electron chi connectivity index (χ2n) is 10.6. The van der Waals surface area contributed by atoms with Crippen LogP contribution in [0, 0.1) is 5.92 Å². The van der Waals surface area contributed by atoms with Crippen LogP contribution in [0.3, 0.4) is 0 Å². The molecule has 0 heterocycles. The Morgan fingerprint density at radius 3 is 1.71 bits per heavy atom. The number of carboxylic acids is 2. The summed E-state index contributed by atoms with van der Waals surface area (Å²) in [6, 6.07) is 13.3. The van der Waals surface area contributed by atoms with Crippen LogP contribution in [0.5, 0.6) is 5.75 Å². The monoisotopic (exact) mass is 600 g/mol. The molecule has 0 aliphatic heterocycles. The van der Waals surface area contributed by atoms with Crippen molar-refractivity contribution in [2.24, 2.45) is 5.92 Å². The minimum Gasteiger partial charge on any atom is -0.493 e. The van der Waals surface area contributed by atoms with Crippen LogP contribution < -0.4 is 4.74 Å². The first-order valence-corrected chi connectivity index (χ1v) is 15.7. The van der Waals surface area contributed by atoms with E-state index in [0.29, 0.717) is 28.3 Å². The van der Waals surface area contributed by atoms with Crippen LogP contribution in [0.1, 0.15) is 120 Å². The summed E-state index contributed by atoms with van der Waals surface area (Å²) >= 11 is 5.80. The number of ketones is 1.